The third kappa shape index (κ3) is 1.65. The molecule has 0 bridgehead atoms. The number of rotatable bonds is 1. The highest BCUT2D eigenvalue weighted by Gasteiger charge is 2.52. The first-order chi connectivity index (χ1) is 12.0. The molecule has 5 rings (SSSR count). The smallest absolute Gasteiger partial charge is 0.229 e. The number of fused-ring (bicyclic) bond motifs is 4. The van der Waals surface area contributed by atoms with Crippen LogP contribution in [0.15, 0.2) is 22.8 Å². The summed E-state index contributed by atoms with van der Waals surface area (Å²) in [5.74, 6) is 0.213. The monoisotopic (exact) mass is 338 g/mol. The molecule has 1 aromatic carbocycles. The van der Waals surface area contributed by atoms with Crippen LogP contribution < -0.4 is 0 Å². The third-order valence-corrected chi connectivity index (χ3v) is 6.20. The molecule has 2 aromatic rings. The summed E-state index contributed by atoms with van der Waals surface area (Å²) >= 11 is 0. The number of aliphatic hydroxyl groups is 1. The van der Waals surface area contributed by atoms with Crippen LogP contribution in [0.2, 0.25) is 0 Å². The minimum absolute atomic E-state index is 0.0931. The molecule has 1 heterocycles. The van der Waals surface area contributed by atoms with Gasteiger partial charge in [0.25, 0.3) is 0 Å². The maximum absolute atomic E-state index is 13.2. The number of hydrogen-bond acceptors (Lipinski definition) is 5. The quantitative estimate of drug-likeness (QED) is 0.865. The number of carbonyl (C=O) groups is 2. The van der Waals surface area contributed by atoms with E-state index in [9.17, 15) is 14.7 Å². The molecule has 1 aromatic heterocycles. The lowest BCUT2D eigenvalue weighted by Gasteiger charge is -2.43. The van der Waals surface area contributed by atoms with Gasteiger partial charge in [-0.25, -0.2) is 0 Å². The van der Waals surface area contributed by atoms with Gasteiger partial charge in [-0.1, -0.05) is 19.1 Å². The van der Waals surface area contributed by atoms with Gasteiger partial charge in [0.1, 0.15) is 6.10 Å². The number of methoxy groups -OCH3 is 1. The topological polar surface area (TPSA) is 76.7 Å². The van der Waals surface area contributed by atoms with Crippen molar-refractivity contribution in [1.82, 2.24) is 0 Å². The Kier molecular flexibility index (Phi) is 2.82. The molecule has 0 fully saturated rings. The second-order valence-corrected chi connectivity index (χ2v) is 7.42. The van der Waals surface area contributed by atoms with E-state index >= 15 is 0 Å². The summed E-state index contributed by atoms with van der Waals surface area (Å²) in [7, 11) is 1.58. The predicted octanol–water partition coefficient (Wildman–Crippen LogP) is 2.71. The van der Waals surface area contributed by atoms with Crippen molar-refractivity contribution < 1.29 is 23.8 Å². The zero-order chi connectivity index (χ0) is 17.5. The van der Waals surface area contributed by atoms with Crippen molar-refractivity contribution in [2.24, 2.45) is 0 Å². The first-order valence-electron chi connectivity index (χ1n) is 8.54. The number of furan rings is 1. The Morgan fingerprint density at radius 3 is 2.84 bits per heavy atom. The molecule has 3 atom stereocenters. The first-order valence-corrected chi connectivity index (χ1v) is 8.54. The number of ketones is 2. The maximum Gasteiger partial charge on any atom is 0.229 e. The van der Waals surface area contributed by atoms with E-state index in [0.717, 1.165) is 16.7 Å². The van der Waals surface area contributed by atoms with Crippen LogP contribution in [-0.4, -0.2) is 29.9 Å². The Labute approximate surface area is 144 Å². The normalized spacial score (nSPS) is 29.4. The number of carbonyl (C=O) groups excluding carboxylic acids is 2. The number of aliphatic hydroxyl groups excluding tert-OH is 1. The fourth-order valence-corrected chi connectivity index (χ4v) is 4.97. The van der Waals surface area contributed by atoms with Crippen LogP contribution in [0.25, 0.3) is 0 Å². The molecule has 1 N–H and O–H groups in total. The van der Waals surface area contributed by atoms with Crippen molar-refractivity contribution in [2.45, 2.75) is 43.8 Å². The number of benzene rings is 1. The zero-order valence-corrected chi connectivity index (χ0v) is 14.1. The Morgan fingerprint density at radius 1 is 1.28 bits per heavy atom. The van der Waals surface area contributed by atoms with Crippen LogP contribution in [0.3, 0.4) is 0 Å². The number of Topliss-reactive ketones (excluding diaryl/α,β-unsaturated/α-hetero) is 1. The van der Waals surface area contributed by atoms with Gasteiger partial charge >= 0.3 is 0 Å². The Morgan fingerprint density at radius 2 is 2.08 bits per heavy atom. The van der Waals surface area contributed by atoms with Crippen LogP contribution in [0.5, 0.6) is 0 Å². The highest BCUT2D eigenvalue weighted by molar-refractivity contribution is 6.15. The van der Waals surface area contributed by atoms with Gasteiger partial charge in [0.15, 0.2) is 11.5 Å². The van der Waals surface area contributed by atoms with Crippen molar-refractivity contribution >= 4 is 11.6 Å². The minimum Gasteiger partial charge on any atom is -0.460 e. The Balaban J connectivity index is 1.84. The lowest BCUT2D eigenvalue weighted by molar-refractivity contribution is -0.0353. The van der Waals surface area contributed by atoms with Crippen LogP contribution in [-0.2, 0) is 16.6 Å². The minimum atomic E-state index is -0.809. The molecular formula is C20H18O5. The average molecular weight is 338 g/mol. The van der Waals surface area contributed by atoms with Crippen LogP contribution >= 0.6 is 0 Å². The molecule has 0 saturated heterocycles. The molecule has 0 amide bonds. The SMILES string of the molecule is CO[C@H]1C[C@]2(C)c3ccc4c(c3C(=O)c3occ(c32)[C@H]1O)CCC4=O. The van der Waals surface area contributed by atoms with Gasteiger partial charge in [0.2, 0.25) is 5.78 Å². The molecular weight excluding hydrogens is 320 g/mol. The average Bonchev–Trinajstić information content (AvgIpc) is 3.21. The van der Waals surface area contributed by atoms with E-state index in [1.807, 2.05) is 12.1 Å². The molecule has 128 valence electrons. The van der Waals surface area contributed by atoms with E-state index in [1.54, 1.807) is 7.11 Å². The molecule has 0 radical (unpaired) electrons. The standard InChI is InChI=1S/C20H18O5/c1-20-7-14(24-2)17(22)11-8-25-19(16(11)20)18(23)15-10-4-6-13(21)9(10)3-5-12(15)20/h3,5,8,14,17,22H,4,6-7H2,1-2H3/t14-,17+,20+/m0/s1. The third-order valence-electron chi connectivity index (χ3n) is 6.20. The van der Waals surface area contributed by atoms with Gasteiger partial charge in [0.05, 0.1) is 12.4 Å². The van der Waals surface area contributed by atoms with Gasteiger partial charge in [-0.2, -0.15) is 0 Å². The number of ether oxygens (including phenoxy) is 1. The fourth-order valence-electron chi connectivity index (χ4n) is 4.97. The summed E-state index contributed by atoms with van der Waals surface area (Å²) in [6.45, 7) is 2.07. The highest BCUT2D eigenvalue weighted by atomic mass is 16.5. The molecule has 0 aliphatic heterocycles. The zero-order valence-electron chi connectivity index (χ0n) is 14.1. The molecule has 3 aliphatic rings. The summed E-state index contributed by atoms with van der Waals surface area (Å²) in [6.07, 6.45) is 1.89. The number of hydrogen-bond donors (Lipinski definition) is 1. The summed E-state index contributed by atoms with van der Waals surface area (Å²) in [5.41, 5.74) is 3.95. The van der Waals surface area contributed by atoms with E-state index < -0.39 is 11.5 Å². The van der Waals surface area contributed by atoms with Gasteiger partial charge < -0.3 is 14.3 Å². The second kappa shape index (κ2) is 4.68. The van der Waals surface area contributed by atoms with Gasteiger partial charge in [-0.05, 0) is 24.0 Å². The van der Waals surface area contributed by atoms with Crippen molar-refractivity contribution in [1.29, 1.82) is 0 Å². The first kappa shape index (κ1) is 15.0. The van der Waals surface area contributed by atoms with E-state index in [4.69, 9.17) is 9.15 Å². The van der Waals surface area contributed by atoms with Crippen LogP contribution in [0, 0.1) is 0 Å². The molecule has 0 spiro atoms. The fraction of sp³-hybridized carbons (Fsp3) is 0.400. The lowest BCUT2D eigenvalue weighted by Crippen LogP contribution is -2.43. The Hall–Kier alpha value is -2.24. The second-order valence-electron chi connectivity index (χ2n) is 7.42. The summed E-state index contributed by atoms with van der Waals surface area (Å²) in [6, 6.07) is 3.75. The van der Waals surface area contributed by atoms with Crippen molar-refractivity contribution in [2.75, 3.05) is 7.11 Å². The van der Waals surface area contributed by atoms with Gasteiger partial charge in [0, 0.05) is 41.2 Å². The van der Waals surface area contributed by atoms with Crippen LogP contribution in [0.1, 0.15) is 74.6 Å². The van der Waals surface area contributed by atoms with Gasteiger partial charge in [-0.3, -0.25) is 9.59 Å². The summed E-state index contributed by atoms with van der Waals surface area (Å²) in [5, 5.41) is 10.6. The van der Waals surface area contributed by atoms with Crippen molar-refractivity contribution in [3.63, 3.8) is 0 Å². The summed E-state index contributed by atoms with van der Waals surface area (Å²) in [4.78, 5) is 25.3. The maximum atomic E-state index is 13.2. The van der Waals surface area contributed by atoms with E-state index in [1.165, 1.54) is 6.26 Å². The largest absolute Gasteiger partial charge is 0.460 e. The lowest BCUT2D eigenvalue weighted by atomic mass is 9.61. The summed E-state index contributed by atoms with van der Waals surface area (Å²) < 4.78 is 11.1. The van der Waals surface area contributed by atoms with Crippen LogP contribution in [0.4, 0.5) is 0 Å². The highest BCUT2D eigenvalue weighted by Crippen LogP contribution is 2.54. The van der Waals surface area contributed by atoms with Gasteiger partial charge in [-0.15, -0.1) is 0 Å². The molecule has 25 heavy (non-hydrogen) atoms. The molecule has 5 heteroatoms. The van der Waals surface area contributed by atoms with E-state index in [2.05, 4.69) is 6.92 Å². The molecule has 3 aliphatic carbocycles. The van der Waals surface area contributed by atoms with E-state index in [0.29, 0.717) is 41.7 Å². The van der Waals surface area contributed by atoms with E-state index in [-0.39, 0.29) is 17.7 Å². The van der Waals surface area contributed by atoms with Crippen molar-refractivity contribution in [3.05, 3.63) is 57.5 Å². The molecule has 0 unspecified atom stereocenters. The van der Waals surface area contributed by atoms with Crippen molar-refractivity contribution in [3.8, 4) is 0 Å². The molecule has 0 saturated carbocycles. The predicted molar refractivity (Wildman–Crippen MR) is 88.1 cm³/mol. The Bertz CT molecular complexity index is 953. The molecule has 5 nitrogen and oxygen atoms in total.